The summed E-state index contributed by atoms with van der Waals surface area (Å²) in [6.07, 6.45) is 1.41. The van der Waals surface area contributed by atoms with Gasteiger partial charge >= 0.3 is 12.1 Å². The first kappa shape index (κ1) is 27.0. The number of rotatable bonds is 7. The van der Waals surface area contributed by atoms with Gasteiger partial charge in [-0.25, -0.2) is 4.79 Å². The molecule has 2 aromatic carbocycles. The molecule has 1 fully saturated rings. The predicted octanol–water partition coefficient (Wildman–Crippen LogP) is 6.06. The van der Waals surface area contributed by atoms with Gasteiger partial charge in [-0.3, -0.25) is 9.48 Å². The van der Waals surface area contributed by atoms with E-state index in [-0.39, 0.29) is 24.5 Å². The van der Waals surface area contributed by atoms with Gasteiger partial charge in [-0.1, -0.05) is 34.1 Å². The van der Waals surface area contributed by atoms with Crippen molar-refractivity contribution in [2.45, 2.75) is 65.2 Å². The maximum Gasteiger partial charge on any atom is 0.410 e. The van der Waals surface area contributed by atoms with E-state index in [1.165, 1.54) is 0 Å². The first-order chi connectivity index (χ1) is 17.6. The summed E-state index contributed by atoms with van der Waals surface area (Å²) in [5, 5.41) is 5.93. The number of fused-ring (bicyclic) bond motifs is 1. The van der Waals surface area contributed by atoms with Crippen LogP contribution in [0.2, 0.25) is 0 Å². The zero-order valence-electron chi connectivity index (χ0n) is 21.8. The summed E-state index contributed by atoms with van der Waals surface area (Å²) < 4.78 is 20.0. The van der Waals surface area contributed by atoms with E-state index in [0.717, 1.165) is 39.5 Å². The molecular formula is C28H34BrN3O5. The summed E-state index contributed by atoms with van der Waals surface area (Å²) in [5.74, 6) is 0.362. The number of benzene rings is 2. The van der Waals surface area contributed by atoms with Crippen LogP contribution in [0.3, 0.4) is 0 Å². The molecule has 0 aliphatic carbocycles. The summed E-state index contributed by atoms with van der Waals surface area (Å²) >= 11 is 3.58. The van der Waals surface area contributed by atoms with Gasteiger partial charge in [0, 0.05) is 28.5 Å². The lowest BCUT2D eigenvalue weighted by Gasteiger charge is -2.34. The zero-order chi connectivity index (χ0) is 26.6. The number of ether oxygens (including phenoxy) is 3. The zero-order valence-corrected chi connectivity index (χ0v) is 23.4. The summed E-state index contributed by atoms with van der Waals surface area (Å²) in [6.45, 7) is 9.26. The SMILES string of the molecule is CCOC(=O)Cc1ccccc1OCc1c2cc(Br)ccc2nn1C1CCN(C(=O)OC(C)(C)C)CC1. The van der Waals surface area contributed by atoms with Gasteiger partial charge in [-0.2, -0.15) is 5.10 Å². The molecule has 37 heavy (non-hydrogen) atoms. The third-order valence-electron chi connectivity index (χ3n) is 6.20. The Labute approximate surface area is 226 Å². The highest BCUT2D eigenvalue weighted by Crippen LogP contribution is 2.31. The Morgan fingerprint density at radius 2 is 1.84 bits per heavy atom. The number of hydrogen-bond donors (Lipinski definition) is 0. The third kappa shape index (κ3) is 6.83. The number of amides is 1. The topological polar surface area (TPSA) is 82.9 Å². The monoisotopic (exact) mass is 571 g/mol. The molecule has 1 amide bonds. The van der Waals surface area contributed by atoms with Crippen molar-refractivity contribution >= 4 is 38.9 Å². The van der Waals surface area contributed by atoms with Crippen LogP contribution in [-0.4, -0.2) is 52.0 Å². The fourth-order valence-electron chi connectivity index (χ4n) is 4.50. The number of nitrogens with zero attached hydrogens (tertiary/aromatic N) is 3. The van der Waals surface area contributed by atoms with Crippen molar-refractivity contribution in [2.75, 3.05) is 19.7 Å². The van der Waals surface area contributed by atoms with Crippen LogP contribution in [0.25, 0.3) is 10.9 Å². The number of halogens is 1. The van der Waals surface area contributed by atoms with Crippen LogP contribution in [-0.2, 0) is 27.3 Å². The van der Waals surface area contributed by atoms with Gasteiger partial charge in [0.05, 0.1) is 30.3 Å². The number of para-hydroxylation sites is 1. The summed E-state index contributed by atoms with van der Waals surface area (Å²) in [7, 11) is 0. The number of carbonyl (C=O) groups is 2. The smallest absolute Gasteiger partial charge is 0.410 e. The molecule has 9 heteroatoms. The molecule has 8 nitrogen and oxygen atoms in total. The molecule has 0 atom stereocenters. The predicted molar refractivity (Wildman–Crippen MR) is 145 cm³/mol. The summed E-state index contributed by atoms with van der Waals surface area (Å²) in [6, 6.07) is 13.7. The number of esters is 1. The maximum atomic E-state index is 12.5. The minimum atomic E-state index is -0.519. The molecule has 1 aromatic heterocycles. The fourth-order valence-corrected chi connectivity index (χ4v) is 4.86. The van der Waals surface area contributed by atoms with Gasteiger partial charge in [-0.15, -0.1) is 0 Å². The molecule has 0 unspecified atom stereocenters. The minimum Gasteiger partial charge on any atom is -0.487 e. The van der Waals surface area contributed by atoms with Crippen LogP contribution in [0.5, 0.6) is 5.75 Å². The van der Waals surface area contributed by atoms with Gasteiger partial charge in [-0.05, 0) is 64.8 Å². The molecule has 198 valence electrons. The lowest BCUT2D eigenvalue weighted by atomic mass is 10.1. The van der Waals surface area contributed by atoms with E-state index < -0.39 is 5.60 Å². The Morgan fingerprint density at radius 3 is 2.54 bits per heavy atom. The highest BCUT2D eigenvalue weighted by atomic mass is 79.9. The fraction of sp³-hybridized carbons (Fsp3) is 0.464. The van der Waals surface area contributed by atoms with Crippen molar-refractivity contribution in [1.82, 2.24) is 14.7 Å². The highest BCUT2D eigenvalue weighted by Gasteiger charge is 2.29. The lowest BCUT2D eigenvalue weighted by molar-refractivity contribution is -0.142. The van der Waals surface area contributed by atoms with E-state index in [4.69, 9.17) is 19.3 Å². The molecule has 0 radical (unpaired) electrons. The van der Waals surface area contributed by atoms with E-state index in [1.54, 1.807) is 11.8 Å². The number of carbonyl (C=O) groups excluding carboxylic acids is 2. The second-order valence-electron chi connectivity index (χ2n) is 10.1. The van der Waals surface area contributed by atoms with E-state index >= 15 is 0 Å². The van der Waals surface area contributed by atoms with Crippen LogP contribution >= 0.6 is 15.9 Å². The van der Waals surface area contributed by atoms with Gasteiger partial charge in [0.25, 0.3) is 0 Å². The van der Waals surface area contributed by atoms with E-state index in [2.05, 4.69) is 26.7 Å². The summed E-state index contributed by atoms with van der Waals surface area (Å²) in [5.41, 5.74) is 2.10. The average Bonchev–Trinajstić information content (AvgIpc) is 3.20. The van der Waals surface area contributed by atoms with E-state index in [9.17, 15) is 9.59 Å². The van der Waals surface area contributed by atoms with Crippen molar-refractivity contribution in [3.05, 3.63) is 58.2 Å². The molecular weight excluding hydrogens is 538 g/mol. The van der Waals surface area contributed by atoms with Crippen LogP contribution in [0.4, 0.5) is 4.79 Å². The van der Waals surface area contributed by atoms with Crippen molar-refractivity contribution in [2.24, 2.45) is 0 Å². The van der Waals surface area contributed by atoms with Crippen LogP contribution < -0.4 is 4.74 Å². The second kappa shape index (κ2) is 11.5. The number of hydrogen-bond acceptors (Lipinski definition) is 6. The molecule has 2 heterocycles. The van der Waals surface area contributed by atoms with Gasteiger partial charge in [0.15, 0.2) is 0 Å². The molecule has 0 saturated carbocycles. The molecule has 4 rings (SSSR count). The Bertz CT molecular complexity index is 1260. The first-order valence-electron chi connectivity index (χ1n) is 12.7. The van der Waals surface area contributed by atoms with Gasteiger partial charge in [0.2, 0.25) is 0 Å². The second-order valence-corrected chi connectivity index (χ2v) is 11.0. The third-order valence-corrected chi connectivity index (χ3v) is 6.69. The van der Waals surface area contributed by atoms with Gasteiger partial charge < -0.3 is 19.1 Å². The van der Waals surface area contributed by atoms with Crippen molar-refractivity contribution in [1.29, 1.82) is 0 Å². The quantitative estimate of drug-likeness (QED) is 0.321. The molecule has 1 saturated heterocycles. The molecule has 1 aliphatic rings. The van der Waals surface area contributed by atoms with E-state index in [0.29, 0.717) is 32.1 Å². The van der Waals surface area contributed by atoms with Crippen molar-refractivity contribution in [3.63, 3.8) is 0 Å². The average molecular weight is 572 g/mol. The van der Waals surface area contributed by atoms with Gasteiger partial charge in [0.1, 0.15) is 18.0 Å². The molecule has 0 N–H and O–H groups in total. The van der Waals surface area contributed by atoms with Crippen molar-refractivity contribution < 1.29 is 23.8 Å². The highest BCUT2D eigenvalue weighted by molar-refractivity contribution is 9.10. The molecule has 0 bridgehead atoms. The number of aromatic nitrogens is 2. The molecule has 1 aliphatic heterocycles. The Balaban J connectivity index is 1.54. The largest absolute Gasteiger partial charge is 0.487 e. The van der Waals surface area contributed by atoms with Crippen LogP contribution in [0.1, 0.15) is 57.8 Å². The Kier molecular flexibility index (Phi) is 8.42. The first-order valence-corrected chi connectivity index (χ1v) is 13.4. The normalized spacial score (nSPS) is 14.6. The van der Waals surface area contributed by atoms with Crippen LogP contribution in [0.15, 0.2) is 46.9 Å². The number of likely N-dealkylation sites (tertiary alicyclic amines) is 1. The standard InChI is InChI=1S/C28H34BrN3O5/c1-5-35-26(33)16-19-8-6-7-9-25(19)36-18-24-22-17-20(29)10-11-23(22)30-32(24)21-12-14-31(15-13-21)27(34)37-28(2,3)4/h6-11,17,21H,5,12-16,18H2,1-4H3. The number of piperidine rings is 1. The minimum absolute atomic E-state index is 0.123. The molecule has 0 spiro atoms. The Morgan fingerprint density at radius 1 is 1.11 bits per heavy atom. The van der Waals surface area contributed by atoms with E-state index in [1.807, 2.05) is 57.2 Å². The molecule has 3 aromatic rings. The van der Waals surface area contributed by atoms with Crippen molar-refractivity contribution in [3.8, 4) is 5.75 Å². The van der Waals surface area contributed by atoms with Crippen LogP contribution in [0, 0.1) is 0 Å². The summed E-state index contributed by atoms with van der Waals surface area (Å²) in [4.78, 5) is 26.4. The Hall–Kier alpha value is -3.07. The lowest BCUT2D eigenvalue weighted by Crippen LogP contribution is -2.42. The maximum absolute atomic E-state index is 12.5.